The number of nitrogens with zero attached hydrogens (tertiary/aromatic N) is 2. The number of carbonyl (C=O) groups excluding carboxylic acids is 1. The number of amides is 1. The summed E-state index contributed by atoms with van der Waals surface area (Å²) in [5, 5.41) is 9.00. The van der Waals surface area contributed by atoms with Gasteiger partial charge in [0.25, 0.3) is 5.91 Å². The molecule has 0 saturated carbocycles. The molecule has 0 bridgehead atoms. The van der Waals surface area contributed by atoms with E-state index in [0.29, 0.717) is 30.7 Å². The first-order valence-corrected chi connectivity index (χ1v) is 7.25. The molecule has 1 N–H and O–H groups in total. The number of piperidine rings is 1. The maximum absolute atomic E-state index is 12.8. The van der Waals surface area contributed by atoms with Crippen molar-refractivity contribution >= 4 is 17.2 Å². The number of hydrogen-bond acceptors (Lipinski definition) is 4. The summed E-state index contributed by atoms with van der Waals surface area (Å²) in [6, 6.07) is -0.190. The summed E-state index contributed by atoms with van der Waals surface area (Å²) in [6.45, 7) is 0.349. The minimum atomic E-state index is -4.62. The number of carbonyl (C=O) groups is 1. The Morgan fingerprint density at radius 2 is 2.25 bits per heavy atom. The summed E-state index contributed by atoms with van der Waals surface area (Å²) >= 11 is 0.713. The van der Waals surface area contributed by atoms with Crippen molar-refractivity contribution in [3.8, 4) is 0 Å². The van der Waals surface area contributed by atoms with Crippen LogP contribution in [0.5, 0.6) is 0 Å². The number of halogens is 3. The predicted molar refractivity (Wildman–Crippen MR) is 67.5 cm³/mol. The lowest BCUT2D eigenvalue weighted by Gasteiger charge is -2.35. The largest absolute Gasteiger partial charge is 0.434 e. The van der Waals surface area contributed by atoms with E-state index in [0.717, 1.165) is 18.4 Å². The monoisotopic (exact) mass is 308 g/mol. The molecule has 4 nitrogen and oxygen atoms in total. The van der Waals surface area contributed by atoms with E-state index in [1.54, 1.807) is 0 Å². The van der Waals surface area contributed by atoms with Crippen molar-refractivity contribution in [3.05, 3.63) is 16.1 Å². The van der Waals surface area contributed by atoms with Crippen molar-refractivity contribution < 1.29 is 23.1 Å². The summed E-state index contributed by atoms with van der Waals surface area (Å²) in [5.74, 6) is -0.627. The van der Waals surface area contributed by atoms with Gasteiger partial charge in [-0.15, -0.1) is 11.3 Å². The van der Waals surface area contributed by atoms with E-state index < -0.39 is 17.8 Å². The number of alkyl halides is 3. The van der Waals surface area contributed by atoms with E-state index >= 15 is 0 Å². The zero-order valence-corrected chi connectivity index (χ0v) is 11.5. The van der Waals surface area contributed by atoms with Gasteiger partial charge in [0, 0.05) is 19.2 Å². The third kappa shape index (κ3) is 3.12. The second-order valence-corrected chi connectivity index (χ2v) is 5.54. The van der Waals surface area contributed by atoms with Crippen molar-refractivity contribution in [1.82, 2.24) is 9.88 Å². The maximum atomic E-state index is 12.8. The van der Waals surface area contributed by atoms with Gasteiger partial charge in [-0.3, -0.25) is 4.79 Å². The number of thiazole rings is 1. The van der Waals surface area contributed by atoms with Crippen molar-refractivity contribution in [2.45, 2.75) is 37.9 Å². The van der Waals surface area contributed by atoms with Crippen LogP contribution in [0.3, 0.4) is 0 Å². The van der Waals surface area contributed by atoms with Gasteiger partial charge >= 0.3 is 6.18 Å². The van der Waals surface area contributed by atoms with Crippen LogP contribution < -0.4 is 0 Å². The van der Waals surface area contributed by atoms with Crippen molar-refractivity contribution in [3.63, 3.8) is 0 Å². The van der Waals surface area contributed by atoms with Crippen LogP contribution in [0.15, 0.2) is 5.51 Å². The van der Waals surface area contributed by atoms with E-state index in [-0.39, 0.29) is 17.5 Å². The molecule has 1 saturated heterocycles. The van der Waals surface area contributed by atoms with Gasteiger partial charge in [0.15, 0.2) is 5.69 Å². The topological polar surface area (TPSA) is 53.4 Å². The molecule has 0 radical (unpaired) electrons. The van der Waals surface area contributed by atoms with Crippen LogP contribution >= 0.6 is 11.3 Å². The van der Waals surface area contributed by atoms with E-state index in [1.165, 1.54) is 4.90 Å². The smallest absolute Gasteiger partial charge is 0.396 e. The fourth-order valence-electron chi connectivity index (χ4n) is 2.45. The Labute approximate surface area is 118 Å². The molecule has 2 rings (SSSR count). The molecule has 1 aliphatic rings. The molecule has 112 valence electrons. The molecule has 1 aromatic heterocycles. The fraction of sp³-hybridized carbons (Fsp3) is 0.667. The van der Waals surface area contributed by atoms with E-state index in [1.807, 2.05) is 0 Å². The Bertz CT molecular complexity index is 474. The third-order valence-electron chi connectivity index (χ3n) is 3.38. The molecule has 8 heteroatoms. The lowest BCUT2D eigenvalue weighted by molar-refractivity contribution is -0.141. The lowest BCUT2D eigenvalue weighted by Crippen LogP contribution is -2.44. The van der Waals surface area contributed by atoms with Gasteiger partial charge in [0.1, 0.15) is 4.88 Å². The Hall–Kier alpha value is -1.15. The van der Waals surface area contributed by atoms with Gasteiger partial charge in [-0.2, -0.15) is 13.2 Å². The summed E-state index contributed by atoms with van der Waals surface area (Å²) in [4.78, 5) is 16.7. The fourth-order valence-corrected chi connectivity index (χ4v) is 3.21. The second kappa shape index (κ2) is 6.09. The Kier molecular flexibility index (Phi) is 4.64. The second-order valence-electron chi connectivity index (χ2n) is 4.69. The quantitative estimate of drug-likeness (QED) is 0.933. The van der Waals surface area contributed by atoms with E-state index in [2.05, 4.69) is 4.98 Å². The minimum absolute atomic E-state index is 0.0801. The molecule has 1 atom stereocenters. The minimum Gasteiger partial charge on any atom is -0.396 e. The van der Waals surface area contributed by atoms with Crippen LogP contribution in [0.2, 0.25) is 0 Å². The Morgan fingerprint density at radius 3 is 2.90 bits per heavy atom. The molecule has 20 heavy (non-hydrogen) atoms. The van der Waals surface area contributed by atoms with E-state index in [4.69, 9.17) is 5.11 Å². The van der Waals surface area contributed by atoms with Gasteiger partial charge < -0.3 is 10.0 Å². The molecule has 1 aromatic rings. The molecule has 0 spiro atoms. The van der Waals surface area contributed by atoms with Gasteiger partial charge in [-0.25, -0.2) is 4.98 Å². The molecule has 0 aromatic carbocycles. The average molecular weight is 308 g/mol. The molecular formula is C12H15F3N2O2S. The average Bonchev–Trinajstić information content (AvgIpc) is 2.88. The molecule has 1 fully saturated rings. The molecule has 1 amide bonds. The number of aliphatic hydroxyl groups excluding tert-OH is 1. The number of rotatable bonds is 3. The van der Waals surface area contributed by atoms with Crippen LogP contribution in [0.4, 0.5) is 13.2 Å². The number of likely N-dealkylation sites (tertiary alicyclic amines) is 1. The van der Waals surface area contributed by atoms with Gasteiger partial charge in [-0.1, -0.05) is 0 Å². The number of hydrogen-bond donors (Lipinski definition) is 1. The first kappa shape index (κ1) is 15.2. The highest BCUT2D eigenvalue weighted by Crippen LogP contribution is 2.34. The summed E-state index contributed by atoms with van der Waals surface area (Å²) < 4.78 is 38.4. The van der Waals surface area contributed by atoms with Gasteiger partial charge in [0.2, 0.25) is 0 Å². The van der Waals surface area contributed by atoms with Crippen molar-refractivity contribution in [1.29, 1.82) is 0 Å². The SMILES string of the molecule is O=C(c1scnc1C(F)(F)F)N1CCCCC1CCO. The third-order valence-corrected chi connectivity index (χ3v) is 4.20. The summed E-state index contributed by atoms with van der Waals surface area (Å²) in [6.07, 6.45) is -1.82. The first-order chi connectivity index (χ1) is 9.45. The maximum Gasteiger partial charge on any atom is 0.434 e. The normalized spacial score (nSPS) is 20.2. The molecule has 2 heterocycles. The number of aliphatic hydroxyl groups is 1. The highest BCUT2D eigenvalue weighted by atomic mass is 32.1. The van der Waals surface area contributed by atoms with Crippen molar-refractivity contribution in [2.75, 3.05) is 13.2 Å². The van der Waals surface area contributed by atoms with Crippen LogP contribution in [0.1, 0.15) is 41.0 Å². The zero-order valence-electron chi connectivity index (χ0n) is 10.7. The number of aromatic nitrogens is 1. The van der Waals surface area contributed by atoms with Crippen LogP contribution in [-0.2, 0) is 6.18 Å². The van der Waals surface area contributed by atoms with Crippen LogP contribution in [0.25, 0.3) is 0 Å². The molecule has 1 aliphatic heterocycles. The molecule has 0 aliphatic carbocycles. The van der Waals surface area contributed by atoms with Gasteiger partial charge in [-0.05, 0) is 25.7 Å². The summed E-state index contributed by atoms with van der Waals surface area (Å²) in [5.41, 5.74) is -0.0676. The van der Waals surface area contributed by atoms with Crippen LogP contribution in [0, 0.1) is 0 Å². The highest BCUT2D eigenvalue weighted by Gasteiger charge is 2.40. The predicted octanol–water partition coefficient (Wildman–Crippen LogP) is 2.54. The molecule has 1 unspecified atom stereocenters. The Balaban J connectivity index is 2.24. The standard InChI is InChI=1S/C12H15F3N2O2S/c13-12(14,15)10-9(20-7-16-10)11(19)17-5-2-1-3-8(17)4-6-18/h7-8,18H,1-6H2. The highest BCUT2D eigenvalue weighted by molar-refractivity contribution is 7.11. The first-order valence-electron chi connectivity index (χ1n) is 6.37. The van der Waals surface area contributed by atoms with Gasteiger partial charge in [0.05, 0.1) is 5.51 Å². The van der Waals surface area contributed by atoms with E-state index in [9.17, 15) is 18.0 Å². The van der Waals surface area contributed by atoms with Crippen LogP contribution in [-0.4, -0.2) is 40.1 Å². The molecular weight excluding hydrogens is 293 g/mol. The lowest BCUT2D eigenvalue weighted by atomic mass is 9.99. The Morgan fingerprint density at radius 1 is 1.50 bits per heavy atom. The summed E-state index contributed by atoms with van der Waals surface area (Å²) in [7, 11) is 0. The van der Waals surface area contributed by atoms with Crippen molar-refractivity contribution in [2.24, 2.45) is 0 Å². The zero-order chi connectivity index (χ0) is 14.8.